The lowest BCUT2D eigenvalue weighted by molar-refractivity contribution is 0.101. The molecule has 0 saturated carbocycles. The van der Waals surface area contributed by atoms with Crippen LogP contribution in [0.5, 0.6) is 5.75 Å². The summed E-state index contributed by atoms with van der Waals surface area (Å²) in [5, 5.41) is 16.8. The molecule has 2 N–H and O–H groups in total. The number of H-pyrrole nitrogens is 1. The molecule has 0 aliphatic heterocycles. The van der Waals surface area contributed by atoms with E-state index in [9.17, 15) is 9.90 Å². The number of carbonyl (C=O) groups is 1. The first-order valence-electron chi connectivity index (χ1n) is 4.98. The molecule has 0 amide bonds. The summed E-state index contributed by atoms with van der Waals surface area (Å²) in [5.41, 5.74) is 1.30. The van der Waals surface area contributed by atoms with Gasteiger partial charge in [0.1, 0.15) is 12.1 Å². The van der Waals surface area contributed by atoms with Crippen LogP contribution in [-0.4, -0.2) is 26.1 Å². The van der Waals surface area contributed by atoms with Gasteiger partial charge in [-0.15, -0.1) is 0 Å². The van der Waals surface area contributed by atoms with Crippen LogP contribution in [-0.2, 0) is 5.75 Å². The number of aromatic amines is 1. The van der Waals surface area contributed by atoms with Crippen LogP contribution in [0.2, 0.25) is 0 Å². The number of ketones is 1. The van der Waals surface area contributed by atoms with E-state index in [2.05, 4.69) is 15.2 Å². The highest BCUT2D eigenvalue weighted by Crippen LogP contribution is 2.26. The van der Waals surface area contributed by atoms with Gasteiger partial charge in [0.15, 0.2) is 10.9 Å². The maximum Gasteiger partial charge on any atom is 0.183 e. The molecular weight excluding hydrogens is 238 g/mol. The summed E-state index contributed by atoms with van der Waals surface area (Å²) >= 11 is 1.41. The Kier molecular flexibility index (Phi) is 3.43. The fourth-order valence-electron chi connectivity index (χ4n) is 1.33. The molecule has 0 radical (unpaired) electrons. The highest BCUT2D eigenvalue weighted by atomic mass is 32.2. The van der Waals surface area contributed by atoms with Crippen molar-refractivity contribution in [3.05, 3.63) is 35.7 Å². The number of hydrogen-bond acceptors (Lipinski definition) is 5. The van der Waals surface area contributed by atoms with E-state index in [4.69, 9.17) is 0 Å². The first-order valence-corrected chi connectivity index (χ1v) is 5.96. The Morgan fingerprint density at radius 2 is 2.35 bits per heavy atom. The molecule has 0 spiro atoms. The third-order valence-electron chi connectivity index (χ3n) is 2.24. The van der Waals surface area contributed by atoms with E-state index in [1.54, 1.807) is 12.1 Å². The number of rotatable bonds is 4. The minimum atomic E-state index is -0.0177. The first-order chi connectivity index (χ1) is 8.16. The predicted octanol–water partition coefficient (Wildman–Crippen LogP) is 2.01. The zero-order valence-corrected chi connectivity index (χ0v) is 9.99. The van der Waals surface area contributed by atoms with Gasteiger partial charge in [0.25, 0.3) is 0 Å². The van der Waals surface area contributed by atoms with Gasteiger partial charge in [-0.2, -0.15) is 5.10 Å². The van der Waals surface area contributed by atoms with Crippen LogP contribution in [0.25, 0.3) is 0 Å². The Morgan fingerprint density at radius 1 is 1.53 bits per heavy atom. The fourth-order valence-corrected chi connectivity index (χ4v) is 2.09. The summed E-state index contributed by atoms with van der Waals surface area (Å²) in [7, 11) is 0. The van der Waals surface area contributed by atoms with E-state index < -0.39 is 0 Å². The lowest BCUT2D eigenvalue weighted by Crippen LogP contribution is -1.94. The quantitative estimate of drug-likeness (QED) is 0.640. The van der Waals surface area contributed by atoms with Crippen molar-refractivity contribution in [3.63, 3.8) is 0 Å². The molecule has 2 rings (SSSR count). The van der Waals surface area contributed by atoms with E-state index in [1.165, 1.54) is 31.1 Å². The third-order valence-corrected chi connectivity index (χ3v) is 3.17. The van der Waals surface area contributed by atoms with Crippen molar-refractivity contribution in [2.24, 2.45) is 0 Å². The number of thioether (sulfide) groups is 1. The van der Waals surface area contributed by atoms with Crippen LogP contribution in [0, 0.1) is 0 Å². The van der Waals surface area contributed by atoms with E-state index >= 15 is 0 Å². The van der Waals surface area contributed by atoms with Gasteiger partial charge in [0.05, 0.1) is 0 Å². The average molecular weight is 249 g/mol. The van der Waals surface area contributed by atoms with Crippen molar-refractivity contribution in [2.45, 2.75) is 17.8 Å². The average Bonchev–Trinajstić information content (AvgIpc) is 2.80. The van der Waals surface area contributed by atoms with Gasteiger partial charge < -0.3 is 5.11 Å². The van der Waals surface area contributed by atoms with Gasteiger partial charge in [-0.1, -0.05) is 11.8 Å². The molecule has 0 fully saturated rings. The van der Waals surface area contributed by atoms with Crippen LogP contribution in [0.1, 0.15) is 22.8 Å². The SMILES string of the molecule is CC(=O)c1ccc(O)c(CSc2ncn[nH]2)c1. The molecule has 1 heterocycles. The Balaban J connectivity index is 2.14. The minimum absolute atomic E-state index is 0.0177. The highest BCUT2D eigenvalue weighted by Gasteiger charge is 2.07. The molecule has 2 aromatic rings. The van der Waals surface area contributed by atoms with Crippen molar-refractivity contribution in [1.82, 2.24) is 15.2 Å². The van der Waals surface area contributed by atoms with Crippen molar-refractivity contribution in [2.75, 3.05) is 0 Å². The van der Waals surface area contributed by atoms with Crippen LogP contribution in [0.4, 0.5) is 0 Å². The number of phenols is 1. The maximum atomic E-state index is 11.2. The van der Waals surface area contributed by atoms with Gasteiger partial charge in [-0.05, 0) is 25.1 Å². The van der Waals surface area contributed by atoms with Gasteiger partial charge in [0.2, 0.25) is 0 Å². The summed E-state index contributed by atoms with van der Waals surface area (Å²) < 4.78 is 0. The van der Waals surface area contributed by atoms with Crippen molar-refractivity contribution in [1.29, 1.82) is 0 Å². The molecule has 17 heavy (non-hydrogen) atoms. The molecule has 1 aromatic carbocycles. The normalized spacial score (nSPS) is 10.4. The third kappa shape index (κ3) is 2.85. The number of Topliss-reactive ketones (excluding diaryl/α,β-unsaturated/α-hetero) is 1. The van der Waals surface area contributed by atoms with Crippen LogP contribution >= 0.6 is 11.8 Å². The van der Waals surface area contributed by atoms with Gasteiger partial charge in [0, 0.05) is 16.9 Å². The highest BCUT2D eigenvalue weighted by molar-refractivity contribution is 7.98. The van der Waals surface area contributed by atoms with Crippen LogP contribution < -0.4 is 0 Å². The minimum Gasteiger partial charge on any atom is -0.508 e. The number of carbonyl (C=O) groups excluding carboxylic acids is 1. The van der Waals surface area contributed by atoms with E-state index in [0.717, 1.165) is 0 Å². The Labute approximate surface area is 102 Å². The van der Waals surface area contributed by atoms with E-state index in [1.807, 2.05) is 0 Å². The molecule has 5 nitrogen and oxygen atoms in total. The summed E-state index contributed by atoms with van der Waals surface area (Å²) in [5.74, 6) is 0.695. The Bertz CT molecular complexity index is 526. The number of aromatic hydroxyl groups is 1. The molecule has 88 valence electrons. The van der Waals surface area contributed by atoms with Gasteiger partial charge in [-0.25, -0.2) is 4.98 Å². The lowest BCUT2D eigenvalue weighted by atomic mass is 10.1. The number of nitrogens with one attached hydrogen (secondary N) is 1. The van der Waals surface area contributed by atoms with Gasteiger partial charge >= 0.3 is 0 Å². The van der Waals surface area contributed by atoms with E-state index in [-0.39, 0.29) is 11.5 Å². The predicted molar refractivity (Wildman–Crippen MR) is 64.1 cm³/mol. The second-order valence-electron chi connectivity index (χ2n) is 3.48. The summed E-state index contributed by atoms with van der Waals surface area (Å²) in [6.07, 6.45) is 1.42. The Morgan fingerprint density at radius 3 is 3.00 bits per heavy atom. The number of aromatic nitrogens is 3. The molecule has 0 saturated heterocycles. The number of nitrogens with zero attached hydrogens (tertiary/aromatic N) is 2. The summed E-state index contributed by atoms with van der Waals surface area (Å²) in [6, 6.07) is 4.84. The molecule has 0 aliphatic rings. The molecule has 0 atom stereocenters. The monoisotopic (exact) mass is 249 g/mol. The van der Waals surface area contributed by atoms with Crippen molar-refractivity contribution >= 4 is 17.5 Å². The van der Waals surface area contributed by atoms with E-state index in [0.29, 0.717) is 22.0 Å². The molecule has 0 bridgehead atoms. The Hall–Kier alpha value is -1.82. The fraction of sp³-hybridized carbons (Fsp3) is 0.182. The first kappa shape index (κ1) is 11.7. The molecule has 1 aromatic heterocycles. The van der Waals surface area contributed by atoms with Crippen LogP contribution in [0.3, 0.4) is 0 Å². The zero-order valence-electron chi connectivity index (χ0n) is 9.17. The summed E-state index contributed by atoms with van der Waals surface area (Å²) in [4.78, 5) is 15.2. The standard InChI is InChI=1S/C11H11N3O2S/c1-7(15)8-2-3-10(16)9(4-8)5-17-11-12-6-13-14-11/h2-4,6,16H,5H2,1H3,(H,12,13,14). The summed E-state index contributed by atoms with van der Waals surface area (Å²) in [6.45, 7) is 1.50. The largest absolute Gasteiger partial charge is 0.508 e. The molecule has 6 heteroatoms. The molecular formula is C11H11N3O2S. The number of benzene rings is 1. The molecule has 0 unspecified atom stereocenters. The number of phenolic OH excluding ortho intramolecular Hbond substituents is 1. The second-order valence-corrected chi connectivity index (χ2v) is 4.44. The number of hydrogen-bond donors (Lipinski definition) is 2. The topological polar surface area (TPSA) is 78.9 Å². The van der Waals surface area contributed by atoms with Crippen molar-refractivity contribution < 1.29 is 9.90 Å². The smallest absolute Gasteiger partial charge is 0.183 e. The molecule has 0 aliphatic carbocycles. The van der Waals surface area contributed by atoms with Crippen molar-refractivity contribution in [3.8, 4) is 5.75 Å². The second kappa shape index (κ2) is 5.01. The van der Waals surface area contributed by atoms with Gasteiger partial charge in [-0.3, -0.25) is 9.89 Å². The lowest BCUT2D eigenvalue weighted by Gasteiger charge is -2.04. The maximum absolute atomic E-state index is 11.2. The van der Waals surface area contributed by atoms with Crippen LogP contribution in [0.15, 0.2) is 29.7 Å². The zero-order chi connectivity index (χ0) is 12.3.